The molecule has 1 aromatic carbocycles. The van der Waals surface area contributed by atoms with E-state index in [1.807, 2.05) is 30.5 Å². The Balaban J connectivity index is 1.56. The number of rotatable bonds is 8. The lowest BCUT2D eigenvalue weighted by Gasteiger charge is -2.24. The van der Waals surface area contributed by atoms with Crippen LogP contribution in [0.4, 0.5) is 5.69 Å². The number of para-hydroxylation sites is 1. The van der Waals surface area contributed by atoms with Crippen molar-refractivity contribution < 1.29 is 9.59 Å². The quantitative estimate of drug-likeness (QED) is 0.524. The molecule has 1 atom stereocenters. The number of thioether (sulfide) groups is 1. The minimum absolute atomic E-state index is 0.101. The Kier molecular flexibility index (Phi) is 6.72. The molecule has 8 heteroatoms. The second-order valence-electron chi connectivity index (χ2n) is 7.39. The fourth-order valence-electron chi connectivity index (χ4n) is 3.43. The van der Waals surface area contributed by atoms with Crippen LogP contribution in [0.15, 0.2) is 29.4 Å². The van der Waals surface area contributed by atoms with Crippen molar-refractivity contribution in [3.05, 3.63) is 35.7 Å². The van der Waals surface area contributed by atoms with Crippen LogP contribution in [0.2, 0.25) is 0 Å². The van der Waals surface area contributed by atoms with Gasteiger partial charge in [-0.25, -0.2) is 0 Å². The van der Waals surface area contributed by atoms with Gasteiger partial charge in [0, 0.05) is 31.6 Å². The molecule has 2 N–H and O–H groups in total. The highest BCUT2D eigenvalue weighted by atomic mass is 32.2. The van der Waals surface area contributed by atoms with Crippen LogP contribution in [-0.4, -0.2) is 39.4 Å². The van der Waals surface area contributed by atoms with Crippen LogP contribution in [0.5, 0.6) is 0 Å². The molecule has 0 bridgehead atoms. The zero-order chi connectivity index (χ0) is 20.1. The van der Waals surface area contributed by atoms with E-state index in [-0.39, 0.29) is 18.2 Å². The number of fused-ring (bicyclic) bond motifs is 1. The Labute approximate surface area is 169 Å². The van der Waals surface area contributed by atoms with Crippen molar-refractivity contribution in [2.24, 2.45) is 5.92 Å². The lowest BCUT2D eigenvalue weighted by Crippen LogP contribution is -2.35. The van der Waals surface area contributed by atoms with Crippen molar-refractivity contribution in [1.29, 1.82) is 0 Å². The summed E-state index contributed by atoms with van der Waals surface area (Å²) in [5.74, 6) is 0.811. The van der Waals surface area contributed by atoms with Crippen LogP contribution in [0.1, 0.15) is 44.0 Å². The van der Waals surface area contributed by atoms with Crippen LogP contribution in [0, 0.1) is 5.92 Å². The number of carbonyl (C=O) groups is 2. The van der Waals surface area contributed by atoms with E-state index in [2.05, 4.69) is 39.2 Å². The lowest BCUT2D eigenvalue weighted by atomic mass is 9.90. The first-order valence-corrected chi connectivity index (χ1v) is 10.8. The molecule has 0 spiro atoms. The zero-order valence-corrected chi connectivity index (χ0v) is 17.4. The van der Waals surface area contributed by atoms with Gasteiger partial charge in [0.15, 0.2) is 5.16 Å². The number of amides is 2. The molecule has 0 saturated carbocycles. The largest absolute Gasteiger partial charge is 0.356 e. The second kappa shape index (κ2) is 9.23. The van der Waals surface area contributed by atoms with E-state index in [1.165, 1.54) is 0 Å². The van der Waals surface area contributed by atoms with E-state index in [0.717, 1.165) is 41.6 Å². The van der Waals surface area contributed by atoms with Crippen molar-refractivity contribution in [2.75, 3.05) is 18.1 Å². The van der Waals surface area contributed by atoms with Gasteiger partial charge in [0.2, 0.25) is 11.8 Å². The maximum atomic E-state index is 12.7. The topological polar surface area (TPSA) is 88.9 Å². The summed E-state index contributed by atoms with van der Waals surface area (Å²) < 4.78 is 2.17. The van der Waals surface area contributed by atoms with Gasteiger partial charge in [0.05, 0.1) is 5.92 Å². The molecule has 1 aliphatic heterocycles. The molecule has 1 aromatic heterocycles. The van der Waals surface area contributed by atoms with Gasteiger partial charge in [-0.2, -0.15) is 0 Å². The number of aromatic nitrogens is 3. The molecule has 2 aromatic rings. The fourth-order valence-corrected chi connectivity index (χ4v) is 3.95. The second-order valence-corrected chi connectivity index (χ2v) is 8.17. The molecule has 0 saturated heterocycles. The van der Waals surface area contributed by atoms with Gasteiger partial charge in [0.1, 0.15) is 5.82 Å². The smallest absolute Gasteiger partial charge is 0.228 e. The average Bonchev–Trinajstić information content (AvgIpc) is 3.05. The highest BCUT2D eigenvalue weighted by Crippen LogP contribution is 2.31. The summed E-state index contributed by atoms with van der Waals surface area (Å²) in [5.41, 5.74) is 1.60. The molecular weight excluding hydrogens is 374 g/mol. The highest BCUT2D eigenvalue weighted by molar-refractivity contribution is 7.98. The molecule has 1 unspecified atom stereocenters. The Morgan fingerprint density at radius 3 is 2.89 bits per heavy atom. The SMILES string of the molecule is CSc1nnc(CCCNC(=O)C2CC(=O)Nc3ccccc32)n1CC(C)C. The summed E-state index contributed by atoms with van der Waals surface area (Å²) in [7, 11) is 0. The van der Waals surface area contributed by atoms with E-state index in [1.54, 1.807) is 11.8 Å². The predicted octanol–water partition coefficient (Wildman–Crippen LogP) is 2.83. The molecule has 0 fully saturated rings. The van der Waals surface area contributed by atoms with E-state index >= 15 is 0 Å². The Hall–Kier alpha value is -2.35. The van der Waals surface area contributed by atoms with Crippen LogP contribution < -0.4 is 10.6 Å². The van der Waals surface area contributed by atoms with Crippen LogP contribution in [0.3, 0.4) is 0 Å². The lowest BCUT2D eigenvalue weighted by molar-refractivity contribution is -0.126. The van der Waals surface area contributed by atoms with Gasteiger partial charge in [-0.1, -0.05) is 43.8 Å². The Bertz CT molecular complexity index is 849. The van der Waals surface area contributed by atoms with E-state index in [0.29, 0.717) is 12.5 Å². The first kappa shape index (κ1) is 20.4. The number of anilines is 1. The van der Waals surface area contributed by atoms with Gasteiger partial charge in [-0.3, -0.25) is 9.59 Å². The maximum absolute atomic E-state index is 12.7. The monoisotopic (exact) mass is 401 g/mol. The van der Waals surface area contributed by atoms with Crippen molar-refractivity contribution >= 4 is 29.3 Å². The molecule has 7 nitrogen and oxygen atoms in total. The maximum Gasteiger partial charge on any atom is 0.228 e. The molecule has 28 heavy (non-hydrogen) atoms. The highest BCUT2D eigenvalue weighted by Gasteiger charge is 2.30. The molecule has 0 radical (unpaired) electrons. The summed E-state index contributed by atoms with van der Waals surface area (Å²) in [6.45, 7) is 5.78. The molecule has 2 amide bonds. The average molecular weight is 402 g/mol. The van der Waals surface area contributed by atoms with Gasteiger partial charge < -0.3 is 15.2 Å². The van der Waals surface area contributed by atoms with Gasteiger partial charge in [0.25, 0.3) is 0 Å². The van der Waals surface area contributed by atoms with Crippen LogP contribution >= 0.6 is 11.8 Å². The molecular formula is C20H27N5O2S. The number of hydrogen-bond acceptors (Lipinski definition) is 5. The van der Waals surface area contributed by atoms with Crippen molar-refractivity contribution in [3.8, 4) is 0 Å². The van der Waals surface area contributed by atoms with Crippen molar-refractivity contribution in [3.63, 3.8) is 0 Å². The summed E-state index contributed by atoms with van der Waals surface area (Å²) in [6.07, 6.45) is 3.71. The summed E-state index contributed by atoms with van der Waals surface area (Å²) in [6, 6.07) is 7.48. The standard InChI is InChI=1S/C20H27N5O2S/c1-13(2)12-25-17(23-24-20(25)28-3)9-6-10-21-19(27)15-11-18(26)22-16-8-5-4-7-14(15)16/h4-5,7-8,13,15H,6,9-12H2,1-3H3,(H,21,27)(H,22,26). The normalized spacial score (nSPS) is 16.0. The number of nitrogens with one attached hydrogen (secondary N) is 2. The Morgan fingerprint density at radius 1 is 1.36 bits per heavy atom. The van der Waals surface area contributed by atoms with E-state index in [4.69, 9.17) is 0 Å². The molecule has 3 rings (SSSR count). The number of hydrogen-bond donors (Lipinski definition) is 2. The third kappa shape index (κ3) is 4.73. The van der Waals surface area contributed by atoms with E-state index < -0.39 is 5.92 Å². The molecule has 2 heterocycles. The summed E-state index contributed by atoms with van der Waals surface area (Å²) >= 11 is 1.60. The summed E-state index contributed by atoms with van der Waals surface area (Å²) in [5, 5.41) is 15.3. The number of carbonyl (C=O) groups excluding carboxylic acids is 2. The third-order valence-corrected chi connectivity index (χ3v) is 5.38. The first-order chi connectivity index (χ1) is 13.5. The molecule has 1 aliphatic rings. The van der Waals surface area contributed by atoms with Crippen LogP contribution in [-0.2, 0) is 22.6 Å². The first-order valence-electron chi connectivity index (χ1n) is 9.62. The fraction of sp³-hybridized carbons (Fsp3) is 0.500. The van der Waals surface area contributed by atoms with Gasteiger partial charge in [-0.05, 0) is 30.2 Å². The van der Waals surface area contributed by atoms with Crippen LogP contribution in [0.25, 0.3) is 0 Å². The van der Waals surface area contributed by atoms with Crippen molar-refractivity contribution in [2.45, 2.75) is 50.7 Å². The van der Waals surface area contributed by atoms with E-state index in [9.17, 15) is 9.59 Å². The van der Waals surface area contributed by atoms with Gasteiger partial charge in [-0.15, -0.1) is 10.2 Å². The third-order valence-electron chi connectivity index (χ3n) is 4.72. The zero-order valence-electron chi connectivity index (χ0n) is 16.6. The molecule has 0 aliphatic carbocycles. The number of benzene rings is 1. The number of nitrogens with zero attached hydrogens (tertiary/aromatic N) is 3. The van der Waals surface area contributed by atoms with Crippen molar-refractivity contribution in [1.82, 2.24) is 20.1 Å². The minimum atomic E-state index is -0.433. The molecule has 150 valence electrons. The number of aryl methyl sites for hydroxylation is 1. The Morgan fingerprint density at radius 2 is 2.14 bits per heavy atom. The minimum Gasteiger partial charge on any atom is -0.356 e. The van der Waals surface area contributed by atoms with Gasteiger partial charge >= 0.3 is 0 Å². The predicted molar refractivity (Wildman–Crippen MR) is 110 cm³/mol. The summed E-state index contributed by atoms with van der Waals surface area (Å²) in [4.78, 5) is 24.6.